The van der Waals surface area contributed by atoms with Crippen molar-refractivity contribution in [3.8, 4) is 0 Å². The van der Waals surface area contributed by atoms with Gasteiger partial charge in [0.15, 0.2) is 0 Å². The first-order valence-electron chi connectivity index (χ1n) is 4.65. The maximum atomic E-state index is 3.86. The van der Waals surface area contributed by atoms with E-state index in [0.717, 1.165) is 0 Å². The minimum Gasteiger partial charge on any atom is -0.300 e. The molecule has 0 N–H and O–H groups in total. The van der Waals surface area contributed by atoms with E-state index in [-0.39, 0.29) is 0 Å². The fourth-order valence-electron chi connectivity index (χ4n) is 1.53. The second-order valence-electron chi connectivity index (χ2n) is 3.42. The van der Waals surface area contributed by atoms with Gasteiger partial charge in [-0.3, -0.25) is 0 Å². The largest absolute Gasteiger partial charge is 0.300 e. The molecule has 70 valence electrons. The summed E-state index contributed by atoms with van der Waals surface area (Å²) >= 11 is 0. The van der Waals surface area contributed by atoms with Crippen LogP contribution in [-0.2, 0) is 0 Å². The van der Waals surface area contributed by atoms with Crippen LogP contribution in [0.4, 0.5) is 0 Å². The Balaban J connectivity index is 2.44. The second kappa shape index (κ2) is 3.54. The number of allylic oxidation sites excluding steroid dienone is 2. The maximum Gasteiger partial charge on any atom is 0.0945 e. The lowest BCUT2D eigenvalue weighted by Gasteiger charge is -2.16. The molecule has 2 rings (SSSR count). The van der Waals surface area contributed by atoms with Crippen molar-refractivity contribution in [2.45, 2.75) is 6.92 Å². The topological polar surface area (TPSA) is 3.01 Å². The van der Waals surface area contributed by atoms with Crippen LogP contribution in [0.15, 0.2) is 48.2 Å². The van der Waals surface area contributed by atoms with E-state index in [9.17, 15) is 0 Å². The Morgan fingerprint density at radius 1 is 1.21 bits per heavy atom. The summed E-state index contributed by atoms with van der Waals surface area (Å²) in [6, 6.07) is 10.4. The lowest BCUT2D eigenvalue weighted by atomic mass is 9.98. The lowest BCUT2D eigenvalue weighted by molar-refractivity contribution is -0.394. The predicted molar refractivity (Wildman–Crippen MR) is 59.9 cm³/mol. The van der Waals surface area contributed by atoms with Crippen molar-refractivity contribution in [3.05, 3.63) is 60.3 Å². The molecule has 1 heterocycles. The minimum atomic E-state index is 1.24. The van der Waals surface area contributed by atoms with Crippen molar-refractivity contribution in [2.24, 2.45) is 0 Å². The Labute approximate surface area is 84.7 Å². The van der Waals surface area contributed by atoms with Gasteiger partial charge in [-0.25, -0.2) is 0 Å². The highest BCUT2D eigenvalue weighted by atomic mass is 14.9. The average Bonchev–Trinajstić information content (AvgIpc) is 2.23. The summed E-state index contributed by atoms with van der Waals surface area (Å²) < 4.78 is 1.83. The van der Waals surface area contributed by atoms with E-state index in [2.05, 4.69) is 44.0 Å². The van der Waals surface area contributed by atoms with Gasteiger partial charge in [0.1, 0.15) is 0 Å². The summed E-state index contributed by atoms with van der Waals surface area (Å²) in [7, 11) is 0. The molecule has 0 radical (unpaired) electrons. The van der Waals surface area contributed by atoms with Crippen LogP contribution in [0, 0.1) is 6.54 Å². The average molecular weight is 183 g/mol. The number of rotatable bonds is 1. The standard InChI is InChI=1S/C13H13N/c1-11-8-9-14(2)10-13(11)12-6-4-3-5-7-12/h3-10H,2H2,1H3. The Morgan fingerprint density at radius 2 is 1.93 bits per heavy atom. The van der Waals surface area contributed by atoms with E-state index >= 15 is 0 Å². The molecule has 0 fully saturated rings. The molecule has 1 nitrogen and oxygen atoms in total. The molecule has 0 aliphatic carbocycles. The van der Waals surface area contributed by atoms with E-state index in [4.69, 9.17) is 0 Å². The predicted octanol–water partition coefficient (Wildman–Crippen LogP) is 2.86. The fraction of sp³-hybridized carbons (Fsp3) is 0.0769. The summed E-state index contributed by atoms with van der Waals surface area (Å²) in [5.41, 5.74) is 3.75. The van der Waals surface area contributed by atoms with E-state index in [0.29, 0.717) is 0 Å². The number of nitrogens with zero attached hydrogens (tertiary/aromatic N) is 1. The molecule has 1 aliphatic rings. The van der Waals surface area contributed by atoms with Crippen LogP contribution in [0.5, 0.6) is 0 Å². The van der Waals surface area contributed by atoms with Crippen LogP contribution in [0.25, 0.3) is 5.57 Å². The second-order valence-corrected chi connectivity index (χ2v) is 3.42. The molecule has 0 unspecified atom stereocenters. The van der Waals surface area contributed by atoms with E-state index in [1.807, 2.05) is 23.4 Å². The van der Waals surface area contributed by atoms with Gasteiger partial charge < -0.3 is 4.58 Å². The van der Waals surface area contributed by atoms with Gasteiger partial charge in [0.25, 0.3) is 0 Å². The van der Waals surface area contributed by atoms with Crippen LogP contribution in [0.2, 0.25) is 0 Å². The third-order valence-corrected chi connectivity index (χ3v) is 2.32. The van der Waals surface area contributed by atoms with Crippen molar-refractivity contribution < 1.29 is 4.58 Å². The van der Waals surface area contributed by atoms with Gasteiger partial charge in [0, 0.05) is 0 Å². The summed E-state index contributed by atoms with van der Waals surface area (Å²) in [4.78, 5) is 0. The van der Waals surface area contributed by atoms with Gasteiger partial charge in [-0.15, -0.1) is 5.57 Å². The van der Waals surface area contributed by atoms with E-state index in [1.54, 1.807) is 0 Å². The smallest absolute Gasteiger partial charge is 0.0945 e. The third-order valence-electron chi connectivity index (χ3n) is 2.32. The molecule has 14 heavy (non-hydrogen) atoms. The monoisotopic (exact) mass is 183 g/mol. The molecule has 0 saturated heterocycles. The highest BCUT2D eigenvalue weighted by Crippen LogP contribution is 2.25. The first-order valence-corrected chi connectivity index (χ1v) is 4.65. The Bertz CT molecular complexity index is 410. The van der Waals surface area contributed by atoms with E-state index in [1.165, 1.54) is 16.7 Å². The van der Waals surface area contributed by atoms with Gasteiger partial charge in [-0.1, -0.05) is 43.3 Å². The molecule has 0 bridgehead atoms. The number of hydrogen-bond acceptors (Lipinski definition) is 0. The summed E-state index contributed by atoms with van der Waals surface area (Å²) in [5, 5.41) is 0. The SMILES string of the molecule is C=[N+]1C=C(c2ccccc2)C(C)=C[CH-]1. The first kappa shape index (κ1) is 8.82. The molecule has 0 amide bonds. The Hall–Kier alpha value is -1.76. The minimum absolute atomic E-state index is 1.24. The molecule has 1 aliphatic heterocycles. The lowest BCUT2D eigenvalue weighted by Crippen LogP contribution is -2.03. The van der Waals surface area contributed by atoms with Crippen LogP contribution < -0.4 is 0 Å². The summed E-state index contributed by atoms with van der Waals surface area (Å²) in [6.07, 6.45) is 4.12. The van der Waals surface area contributed by atoms with Gasteiger partial charge in [-0.2, -0.15) is 0 Å². The molecule has 0 atom stereocenters. The van der Waals surface area contributed by atoms with E-state index < -0.39 is 0 Å². The van der Waals surface area contributed by atoms with Crippen molar-refractivity contribution in [3.63, 3.8) is 0 Å². The molecular formula is C13H13N. The quantitative estimate of drug-likeness (QED) is 0.465. The zero-order chi connectivity index (χ0) is 9.97. The highest BCUT2D eigenvalue weighted by Gasteiger charge is 2.06. The highest BCUT2D eigenvalue weighted by molar-refractivity contribution is 5.78. The number of benzene rings is 1. The van der Waals surface area contributed by atoms with Gasteiger partial charge >= 0.3 is 0 Å². The maximum absolute atomic E-state index is 3.86. The van der Waals surface area contributed by atoms with Crippen molar-refractivity contribution in [1.29, 1.82) is 0 Å². The van der Waals surface area contributed by atoms with Gasteiger partial charge in [-0.05, 0) is 11.1 Å². The van der Waals surface area contributed by atoms with Crippen LogP contribution in [-0.4, -0.2) is 11.3 Å². The zero-order valence-electron chi connectivity index (χ0n) is 8.27. The molecule has 1 aromatic carbocycles. The van der Waals surface area contributed by atoms with Crippen molar-refractivity contribution in [1.82, 2.24) is 0 Å². The zero-order valence-corrected chi connectivity index (χ0v) is 8.27. The number of hydrogen-bond donors (Lipinski definition) is 0. The van der Waals surface area contributed by atoms with Crippen molar-refractivity contribution >= 4 is 12.3 Å². The van der Waals surface area contributed by atoms with Crippen LogP contribution >= 0.6 is 0 Å². The molecular weight excluding hydrogens is 170 g/mol. The summed E-state index contributed by atoms with van der Waals surface area (Å²) in [5.74, 6) is 0. The van der Waals surface area contributed by atoms with Crippen molar-refractivity contribution in [2.75, 3.05) is 0 Å². The third kappa shape index (κ3) is 1.62. The Morgan fingerprint density at radius 3 is 2.64 bits per heavy atom. The van der Waals surface area contributed by atoms with Crippen LogP contribution in [0.1, 0.15) is 12.5 Å². The fourth-order valence-corrected chi connectivity index (χ4v) is 1.53. The Kier molecular flexibility index (Phi) is 2.23. The molecule has 0 saturated carbocycles. The molecule has 1 aromatic rings. The normalized spacial score (nSPS) is 15.6. The summed E-state index contributed by atoms with van der Waals surface area (Å²) in [6.45, 7) is 7.94. The first-order chi connectivity index (χ1) is 6.77. The molecule has 0 aromatic heterocycles. The molecule has 1 heteroatoms. The van der Waals surface area contributed by atoms with Crippen LogP contribution in [0.3, 0.4) is 0 Å². The molecule has 0 spiro atoms. The van der Waals surface area contributed by atoms with Gasteiger partial charge in [0.2, 0.25) is 0 Å². The van der Waals surface area contributed by atoms with Gasteiger partial charge in [0.05, 0.1) is 19.5 Å².